The molecule has 4 aromatic heterocycles. The lowest BCUT2D eigenvalue weighted by Gasteiger charge is -2.08. The maximum absolute atomic E-state index is 5.54. The molecule has 0 unspecified atom stereocenters. The van der Waals surface area contributed by atoms with Crippen molar-refractivity contribution in [2.24, 2.45) is 0 Å². The smallest absolute Gasteiger partial charge is 0.129 e. The molecule has 4 nitrogen and oxygen atoms in total. The van der Waals surface area contributed by atoms with Crippen molar-refractivity contribution < 1.29 is 0 Å². The Morgan fingerprint density at radius 3 is 1.28 bits per heavy atom. The third-order valence-electron chi connectivity index (χ3n) is 10.6. The summed E-state index contributed by atoms with van der Waals surface area (Å²) in [7, 11) is -1.48. The number of aromatic amines is 2. The summed E-state index contributed by atoms with van der Waals surface area (Å²) in [5.41, 5.74) is 23.8. The highest BCUT2D eigenvalue weighted by molar-refractivity contribution is 7.13. The number of hydrogen-bond donors (Lipinski definition) is 2. The van der Waals surface area contributed by atoms with Crippen molar-refractivity contribution in [3.05, 3.63) is 90.7 Å². The molecule has 6 heteroatoms. The molecule has 4 aromatic rings. The van der Waals surface area contributed by atoms with Crippen molar-refractivity contribution in [3.8, 4) is 23.3 Å². The Bertz CT molecular complexity index is 2310. The molecule has 0 saturated heterocycles. The van der Waals surface area contributed by atoms with Crippen molar-refractivity contribution in [1.82, 2.24) is 19.9 Å². The van der Waals surface area contributed by atoms with Gasteiger partial charge in [-0.2, -0.15) is 0 Å². The first-order valence-electron chi connectivity index (χ1n) is 19.9. The van der Waals surface area contributed by atoms with E-state index in [2.05, 4.69) is 139 Å². The van der Waals surface area contributed by atoms with Crippen LogP contribution in [0.2, 0.25) is 19.6 Å². The molecule has 6 rings (SSSR count). The van der Waals surface area contributed by atoms with E-state index in [0.29, 0.717) is 0 Å². The molecular weight excluding hydrogens is 681 g/mol. The monoisotopic (exact) mass is 736 g/mol. The highest BCUT2D eigenvalue weighted by Gasteiger charge is 2.27. The van der Waals surface area contributed by atoms with Gasteiger partial charge in [-0.05, 0) is 126 Å². The van der Waals surface area contributed by atoms with Gasteiger partial charge in [-0.15, -0.1) is 16.9 Å². The molecule has 6 heterocycles. The van der Waals surface area contributed by atoms with Crippen LogP contribution in [0.15, 0.2) is 30.3 Å². The lowest BCUT2D eigenvalue weighted by atomic mass is 9.94. The first-order valence-corrected chi connectivity index (χ1v) is 24.2. The van der Waals surface area contributed by atoms with Gasteiger partial charge in [0, 0.05) is 22.1 Å². The minimum Gasteiger partial charge on any atom is -0.355 e. The predicted octanol–water partition coefficient (Wildman–Crippen LogP) is 12.7. The predicted molar refractivity (Wildman–Crippen MR) is 234 cm³/mol. The van der Waals surface area contributed by atoms with Gasteiger partial charge in [-0.3, -0.25) is 0 Å². The van der Waals surface area contributed by atoms with Crippen LogP contribution in [0.1, 0.15) is 141 Å². The zero-order chi connectivity index (χ0) is 38.0. The van der Waals surface area contributed by atoms with Crippen LogP contribution in [0.3, 0.4) is 0 Å². The van der Waals surface area contributed by atoms with Gasteiger partial charge in [0.15, 0.2) is 0 Å². The van der Waals surface area contributed by atoms with Gasteiger partial charge in [-0.25, -0.2) is 9.97 Å². The third kappa shape index (κ3) is 7.42. The van der Waals surface area contributed by atoms with E-state index in [1.54, 1.807) is 11.3 Å². The van der Waals surface area contributed by atoms with E-state index < -0.39 is 8.07 Å². The maximum Gasteiger partial charge on any atom is 0.129 e. The number of aromatic nitrogens is 4. The molecule has 2 aliphatic rings. The van der Waals surface area contributed by atoms with Crippen LogP contribution >= 0.6 is 11.3 Å². The average molecular weight is 737 g/mol. The molecule has 2 aliphatic heterocycles. The van der Waals surface area contributed by atoms with Crippen molar-refractivity contribution in [2.45, 2.75) is 126 Å². The number of nitrogens with one attached hydrogen (secondary N) is 2. The quantitative estimate of drug-likeness (QED) is 0.140. The Balaban J connectivity index is 1.81. The van der Waals surface area contributed by atoms with Gasteiger partial charge in [0.2, 0.25) is 0 Å². The maximum atomic E-state index is 5.54. The van der Waals surface area contributed by atoms with E-state index in [-0.39, 0.29) is 0 Å². The van der Waals surface area contributed by atoms with Crippen molar-refractivity contribution in [2.75, 3.05) is 0 Å². The number of nitrogens with zero attached hydrogens (tertiary/aromatic N) is 2. The Morgan fingerprint density at radius 2 is 0.906 bits per heavy atom. The van der Waals surface area contributed by atoms with Crippen molar-refractivity contribution >= 4 is 63.8 Å². The Labute approximate surface area is 322 Å². The summed E-state index contributed by atoms with van der Waals surface area (Å²) in [4.78, 5) is 20.9. The van der Waals surface area contributed by atoms with Crippen LogP contribution in [-0.4, -0.2) is 28.0 Å². The second-order valence-corrected chi connectivity index (χ2v) is 20.8. The summed E-state index contributed by atoms with van der Waals surface area (Å²) >= 11 is 1.68. The van der Waals surface area contributed by atoms with Gasteiger partial charge >= 0.3 is 0 Å². The van der Waals surface area contributed by atoms with Gasteiger partial charge in [0.25, 0.3) is 0 Å². The summed E-state index contributed by atoms with van der Waals surface area (Å²) in [5.74, 6) is 10.7. The Morgan fingerprint density at radius 1 is 0.509 bits per heavy atom. The van der Waals surface area contributed by atoms with Crippen LogP contribution in [-0.2, 0) is 25.7 Å². The molecule has 0 aromatic carbocycles. The molecule has 8 bridgehead atoms. The SMILES string of the molecule is CCC1=C(CC)c2nc1cc1[nH]c(cc3[nH]c(cc4nc(c2C#Cc2ccc(C#C[Si](C)(C)C)s2)C(CC)=C4CC)c(CC)c3CC)c(CC)c1CC. The minimum atomic E-state index is -1.48. The average Bonchev–Trinajstić information content (AvgIpc) is 3.95. The van der Waals surface area contributed by atoms with E-state index in [4.69, 9.17) is 9.97 Å². The van der Waals surface area contributed by atoms with Crippen molar-refractivity contribution in [3.63, 3.8) is 0 Å². The van der Waals surface area contributed by atoms with E-state index in [1.165, 1.54) is 55.6 Å². The minimum absolute atomic E-state index is 0.872. The molecule has 0 radical (unpaired) electrons. The highest BCUT2D eigenvalue weighted by Crippen LogP contribution is 2.41. The summed E-state index contributed by atoms with van der Waals surface area (Å²) in [6.45, 7) is 25.0. The number of thiophene rings is 1. The van der Waals surface area contributed by atoms with Crippen molar-refractivity contribution in [1.29, 1.82) is 0 Å². The summed E-state index contributed by atoms with van der Waals surface area (Å²) < 4.78 is 0. The number of hydrogen-bond acceptors (Lipinski definition) is 3. The molecular formula is C47H56N4SSi. The molecule has 53 heavy (non-hydrogen) atoms. The van der Waals surface area contributed by atoms with Crippen LogP contribution in [0, 0.1) is 23.3 Å². The standard InChI is InChI=1S/C47H56N4SSi/c1-12-31-33(14-3)42-27-44-35(16-5)37(18-7)46(50-44)39(23-22-29-20-21-30(52-29)24-25-53(9,10)11)47-38(19-8)36(17-6)45(51-47)28-43-34(15-4)32(13-2)41(49-43)26-40(31)48-42/h20-21,26-28,48-49H,12-19H2,1-11H3. The number of allylic oxidation sites excluding steroid dienone is 4. The van der Waals surface area contributed by atoms with E-state index in [1.807, 2.05) is 0 Å². The molecule has 2 N–H and O–H groups in total. The first-order chi connectivity index (χ1) is 25.5. The van der Waals surface area contributed by atoms with E-state index >= 15 is 0 Å². The topological polar surface area (TPSA) is 57.4 Å². The highest BCUT2D eigenvalue weighted by atomic mass is 32.1. The number of rotatable bonds is 8. The lowest BCUT2D eigenvalue weighted by molar-refractivity contribution is 1.07. The number of fused-ring (bicyclic) bond motifs is 8. The molecule has 0 aliphatic carbocycles. The fourth-order valence-corrected chi connectivity index (χ4v) is 9.47. The molecule has 0 atom stereocenters. The summed E-state index contributed by atoms with van der Waals surface area (Å²) in [6, 6.07) is 11.2. The fraction of sp³-hybridized carbons (Fsp3) is 0.404. The molecule has 0 fully saturated rings. The van der Waals surface area contributed by atoms with Gasteiger partial charge in [-0.1, -0.05) is 92.8 Å². The van der Waals surface area contributed by atoms with Crippen LogP contribution < -0.4 is 0 Å². The van der Waals surface area contributed by atoms with Crippen LogP contribution in [0.5, 0.6) is 0 Å². The Kier molecular flexibility index (Phi) is 11.5. The van der Waals surface area contributed by atoms with Gasteiger partial charge in [0.05, 0.1) is 38.1 Å². The lowest BCUT2D eigenvalue weighted by Crippen LogP contribution is -2.16. The van der Waals surface area contributed by atoms with E-state index in [0.717, 1.165) is 100 Å². The van der Waals surface area contributed by atoms with Crippen LogP contribution in [0.25, 0.3) is 44.4 Å². The second kappa shape index (κ2) is 15.9. The molecule has 0 amide bonds. The zero-order valence-electron chi connectivity index (χ0n) is 33.8. The third-order valence-corrected chi connectivity index (χ3v) is 12.4. The normalized spacial score (nSPS) is 13.0. The summed E-state index contributed by atoms with van der Waals surface area (Å²) in [6.07, 6.45) is 7.36. The van der Waals surface area contributed by atoms with E-state index in [9.17, 15) is 0 Å². The second-order valence-electron chi connectivity index (χ2n) is 15.0. The summed E-state index contributed by atoms with van der Waals surface area (Å²) in [5, 5.41) is 0. The fourth-order valence-electron chi connectivity index (χ4n) is 8.15. The molecule has 274 valence electrons. The largest absolute Gasteiger partial charge is 0.355 e. The molecule has 0 spiro atoms. The first kappa shape index (κ1) is 38.4. The number of aryl methyl sites for hydroxylation is 4. The molecule has 0 saturated carbocycles. The van der Waals surface area contributed by atoms with Gasteiger partial charge in [0.1, 0.15) is 8.07 Å². The van der Waals surface area contributed by atoms with Gasteiger partial charge < -0.3 is 9.97 Å². The van der Waals surface area contributed by atoms with Crippen LogP contribution in [0.4, 0.5) is 0 Å². The Hall–Kier alpha value is -4.36. The number of H-pyrrole nitrogens is 2. The zero-order valence-corrected chi connectivity index (χ0v) is 35.7.